The van der Waals surface area contributed by atoms with E-state index in [9.17, 15) is 16.8 Å². The van der Waals surface area contributed by atoms with Gasteiger partial charge in [-0.1, -0.05) is 31.4 Å². The standard InChI is InChI=1S/C22H30N2O5S2/c1-4-29-21-15-12-19(16-22(21)31(27,28)24(2)3)23-30(25,26)20-13-10-18(11-14-20)17-8-6-5-7-9-17/h10-17,23H,4-9H2,1-3H3. The molecule has 0 bridgehead atoms. The predicted molar refractivity (Wildman–Crippen MR) is 122 cm³/mol. The van der Waals surface area contributed by atoms with E-state index in [4.69, 9.17) is 4.74 Å². The zero-order chi connectivity index (χ0) is 22.6. The molecule has 0 amide bonds. The lowest BCUT2D eigenvalue weighted by Gasteiger charge is -2.22. The topological polar surface area (TPSA) is 92.8 Å². The van der Waals surface area contributed by atoms with E-state index >= 15 is 0 Å². The number of ether oxygens (including phenoxy) is 1. The van der Waals surface area contributed by atoms with Gasteiger partial charge >= 0.3 is 0 Å². The first-order chi connectivity index (χ1) is 14.6. The summed E-state index contributed by atoms with van der Waals surface area (Å²) in [6.07, 6.45) is 5.96. The zero-order valence-electron chi connectivity index (χ0n) is 18.2. The Morgan fingerprint density at radius 3 is 2.19 bits per heavy atom. The van der Waals surface area contributed by atoms with Gasteiger partial charge in [0.25, 0.3) is 10.0 Å². The summed E-state index contributed by atoms with van der Waals surface area (Å²) in [5, 5.41) is 0. The maximum atomic E-state index is 12.9. The molecule has 0 aromatic heterocycles. The van der Waals surface area contributed by atoms with E-state index < -0.39 is 20.0 Å². The fourth-order valence-electron chi connectivity index (χ4n) is 3.81. The number of nitrogens with zero attached hydrogens (tertiary/aromatic N) is 1. The third-order valence-corrected chi connectivity index (χ3v) is 8.75. The van der Waals surface area contributed by atoms with Crippen molar-refractivity contribution in [1.29, 1.82) is 0 Å². The Labute approximate surface area is 185 Å². The molecule has 1 aliphatic rings. The Bertz CT molecular complexity index is 1110. The fourth-order valence-corrected chi connectivity index (χ4v) is 5.91. The van der Waals surface area contributed by atoms with Crippen molar-refractivity contribution in [2.24, 2.45) is 0 Å². The Kier molecular flexibility index (Phi) is 7.28. The summed E-state index contributed by atoms with van der Waals surface area (Å²) < 4.78 is 60.1. The second-order valence-electron chi connectivity index (χ2n) is 7.89. The molecule has 1 N–H and O–H groups in total. The number of benzene rings is 2. The fraction of sp³-hybridized carbons (Fsp3) is 0.455. The van der Waals surface area contributed by atoms with Crippen LogP contribution in [0.3, 0.4) is 0 Å². The average Bonchev–Trinajstić information content (AvgIpc) is 2.75. The van der Waals surface area contributed by atoms with Gasteiger partial charge in [0.15, 0.2) is 0 Å². The molecule has 0 saturated heterocycles. The van der Waals surface area contributed by atoms with Crippen LogP contribution in [0.4, 0.5) is 5.69 Å². The summed E-state index contributed by atoms with van der Waals surface area (Å²) in [5.74, 6) is 0.666. The van der Waals surface area contributed by atoms with Crippen molar-refractivity contribution in [3.63, 3.8) is 0 Å². The van der Waals surface area contributed by atoms with Crippen LogP contribution < -0.4 is 9.46 Å². The van der Waals surface area contributed by atoms with E-state index in [0.29, 0.717) is 5.92 Å². The molecule has 0 heterocycles. The van der Waals surface area contributed by atoms with Crippen LogP contribution in [0, 0.1) is 0 Å². The van der Waals surface area contributed by atoms with E-state index in [1.54, 1.807) is 19.1 Å². The van der Waals surface area contributed by atoms with Crippen molar-refractivity contribution in [1.82, 2.24) is 4.31 Å². The number of anilines is 1. The van der Waals surface area contributed by atoms with Gasteiger partial charge in [0.2, 0.25) is 10.0 Å². The number of hydrogen-bond acceptors (Lipinski definition) is 5. The van der Waals surface area contributed by atoms with Crippen molar-refractivity contribution in [3.05, 3.63) is 48.0 Å². The summed E-state index contributed by atoms with van der Waals surface area (Å²) in [4.78, 5) is 0.0464. The van der Waals surface area contributed by atoms with Gasteiger partial charge in [-0.2, -0.15) is 0 Å². The third-order valence-electron chi connectivity index (χ3n) is 5.52. The first-order valence-electron chi connectivity index (χ1n) is 10.5. The van der Waals surface area contributed by atoms with Gasteiger partial charge < -0.3 is 4.74 Å². The molecule has 170 valence electrons. The Hall–Kier alpha value is -2.10. The maximum Gasteiger partial charge on any atom is 0.261 e. The first-order valence-corrected chi connectivity index (χ1v) is 13.4. The summed E-state index contributed by atoms with van der Waals surface area (Å²) in [7, 11) is -4.86. The Balaban J connectivity index is 1.87. The molecule has 0 aliphatic heterocycles. The summed E-state index contributed by atoms with van der Waals surface area (Å²) in [6.45, 7) is 2.04. The molecular formula is C22H30N2O5S2. The van der Waals surface area contributed by atoms with Gasteiger partial charge in [-0.25, -0.2) is 21.1 Å². The summed E-state index contributed by atoms with van der Waals surface area (Å²) >= 11 is 0. The lowest BCUT2D eigenvalue weighted by atomic mass is 9.84. The normalized spacial score (nSPS) is 15.7. The molecule has 0 spiro atoms. The quantitative estimate of drug-likeness (QED) is 0.630. The molecule has 7 nitrogen and oxygen atoms in total. The molecule has 1 fully saturated rings. The van der Waals surface area contributed by atoms with Crippen molar-refractivity contribution in [3.8, 4) is 5.75 Å². The highest BCUT2D eigenvalue weighted by atomic mass is 32.2. The molecule has 9 heteroatoms. The number of hydrogen-bond donors (Lipinski definition) is 1. The van der Waals surface area contributed by atoms with Crippen molar-refractivity contribution in [2.75, 3.05) is 25.4 Å². The molecule has 0 unspecified atom stereocenters. The highest BCUT2D eigenvalue weighted by Gasteiger charge is 2.24. The van der Waals surface area contributed by atoms with E-state index in [2.05, 4.69) is 4.72 Å². The SMILES string of the molecule is CCOc1ccc(NS(=O)(=O)c2ccc(C3CCCCC3)cc2)cc1S(=O)(=O)N(C)C. The van der Waals surface area contributed by atoms with Crippen molar-refractivity contribution >= 4 is 25.7 Å². The summed E-state index contributed by atoms with van der Waals surface area (Å²) in [6, 6.07) is 11.2. The molecule has 3 rings (SSSR count). The van der Waals surface area contributed by atoms with E-state index in [1.807, 2.05) is 12.1 Å². The molecular weight excluding hydrogens is 436 g/mol. The largest absolute Gasteiger partial charge is 0.492 e. The maximum absolute atomic E-state index is 12.9. The average molecular weight is 467 g/mol. The van der Waals surface area contributed by atoms with E-state index in [-0.39, 0.29) is 27.8 Å². The summed E-state index contributed by atoms with van der Waals surface area (Å²) in [5.41, 5.74) is 1.32. The van der Waals surface area contributed by atoms with Crippen molar-refractivity contribution < 1.29 is 21.6 Å². The molecule has 2 aromatic rings. The molecule has 1 aliphatic carbocycles. The van der Waals surface area contributed by atoms with Gasteiger partial charge in [0, 0.05) is 14.1 Å². The van der Waals surface area contributed by atoms with Crippen LogP contribution >= 0.6 is 0 Å². The Morgan fingerprint density at radius 1 is 0.968 bits per heavy atom. The van der Waals surface area contributed by atoms with Crippen LogP contribution in [0.2, 0.25) is 0 Å². The molecule has 31 heavy (non-hydrogen) atoms. The molecule has 0 radical (unpaired) electrons. The van der Waals surface area contributed by atoms with Crippen LogP contribution in [-0.2, 0) is 20.0 Å². The minimum atomic E-state index is -3.87. The van der Waals surface area contributed by atoms with E-state index in [0.717, 1.165) is 17.1 Å². The predicted octanol–water partition coefficient (Wildman–Crippen LogP) is 4.18. The number of nitrogens with one attached hydrogen (secondary N) is 1. The highest BCUT2D eigenvalue weighted by Crippen LogP contribution is 2.33. The lowest BCUT2D eigenvalue weighted by Crippen LogP contribution is -2.23. The minimum Gasteiger partial charge on any atom is -0.492 e. The first kappa shape index (κ1) is 23.6. The monoisotopic (exact) mass is 466 g/mol. The Morgan fingerprint density at radius 2 is 1.61 bits per heavy atom. The second-order valence-corrected chi connectivity index (χ2v) is 11.7. The molecule has 1 saturated carbocycles. The van der Waals surface area contributed by atoms with E-state index in [1.165, 1.54) is 57.1 Å². The number of sulfonamides is 2. The van der Waals surface area contributed by atoms with Crippen LogP contribution in [0.25, 0.3) is 0 Å². The highest BCUT2D eigenvalue weighted by molar-refractivity contribution is 7.92. The van der Waals surface area contributed by atoms with Crippen LogP contribution in [0.5, 0.6) is 5.75 Å². The second kappa shape index (κ2) is 9.58. The van der Waals surface area contributed by atoms with Gasteiger partial charge in [0.05, 0.1) is 17.2 Å². The van der Waals surface area contributed by atoms with Gasteiger partial charge in [-0.3, -0.25) is 4.72 Å². The van der Waals surface area contributed by atoms with Gasteiger partial charge in [-0.05, 0) is 61.6 Å². The molecule has 2 aromatic carbocycles. The number of rotatable bonds is 8. The van der Waals surface area contributed by atoms with Crippen LogP contribution in [0.15, 0.2) is 52.3 Å². The van der Waals surface area contributed by atoms with Gasteiger partial charge in [-0.15, -0.1) is 0 Å². The van der Waals surface area contributed by atoms with Crippen LogP contribution in [0.1, 0.15) is 50.5 Å². The van der Waals surface area contributed by atoms with Crippen LogP contribution in [-0.4, -0.2) is 41.8 Å². The molecule has 0 atom stereocenters. The lowest BCUT2D eigenvalue weighted by molar-refractivity contribution is 0.330. The van der Waals surface area contributed by atoms with Gasteiger partial charge in [0.1, 0.15) is 10.6 Å². The van der Waals surface area contributed by atoms with Crippen molar-refractivity contribution in [2.45, 2.75) is 54.7 Å². The smallest absolute Gasteiger partial charge is 0.261 e. The third kappa shape index (κ3) is 5.39. The zero-order valence-corrected chi connectivity index (χ0v) is 19.8. The minimum absolute atomic E-state index is 0.0906.